The van der Waals surface area contributed by atoms with Crippen molar-refractivity contribution in [1.82, 2.24) is 0 Å². The summed E-state index contributed by atoms with van der Waals surface area (Å²) in [6.45, 7) is 1.72. The van der Waals surface area contributed by atoms with Crippen molar-refractivity contribution < 1.29 is 17.2 Å². The Bertz CT molecular complexity index is 740. The molecule has 2 aromatic carbocycles. The third kappa shape index (κ3) is 2.99. The number of nitrogens with one attached hydrogen (secondary N) is 1. The minimum absolute atomic E-state index is 0.170. The molecule has 7 heteroatoms. The molecule has 1 N–H and O–H groups in total. The van der Waals surface area contributed by atoms with E-state index in [2.05, 4.69) is 20.7 Å². The van der Waals surface area contributed by atoms with Crippen LogP contribution in [0.1, 0.15) is 5.56 Å². The monoisotopic (exact) mass is 361 g/mol. The number of hydrogen-bond acceptors (Lipinski definition) is 2. The van der Waals surface area contributed by atoms with Crippen molar-refractivity contribution in [3.63, 3.8) is 0 Å². The molecule has 0 unspecified atom stereocenters. The minimum atomic E-state index is -4.15. The predicted molar refractivity (Wildman–Crippen MR) is 76.0 cm³/mol. The van der Waals surface area contributed by atoms with E-state index in [0.29, 0.717) is 17.3 Å². The van der Waals surface area contributed by atoms with Crippen molar-refractivity contribution in [1.29, 1.82) is 0 Å². The van der Waals surface area contributed by atoms with Gasteiger partial charge in [0.1, 0.15) is 16.5 Å². The lowest BCUT2D eigenvalue weighted by Gasteiger charge is -2.12. The second-order valence-electron chi connectivity index (χ2n) is 4.12. The number of sulfonamides is 1. The topological polar surface area (TPSA) is 46.2 Å². The van der Waals surface area contributed by atoms with Crippen molar-refractivity contribution in [3.8, 4) is 0 Å². The summed E-state index contributed by atoms with van der Waals surface area (Å²) in [7, 11) is -4.15. The zero-order valence-corrected chi connectivity index (χ0v) is 12.7. The summed E-state index contributed by atoms with van der Waals surface area (Å²) in [4.78, 5) is -0.623. The van der Waals surface area contributed by atoms with E-state index in [9.17, 15) is 17.2 Å². The van der Waals surface area contributed by atoms with E-state index in [1.54, 1.807) is 31.2 Å². The van der Waals surface area contributed by atoms with E-state index in [1.807, 2.05) is 0 Å². The molecule has 0 saturated heterocycles. The Hall–Kier alpha value is -1.47. The summed E-state index contributed by atoms with van der Waals surface area (Å²) in [5, 5.41) is 0. The Balaban J connectivity index is 2.50. The van der Waals surface area contributed by atoms with Gasteiger partial charge >= 0.3 is 0 Å². The number of benzene rings is 2. The average Bonchev–Trinajstić information content (AvgIpc) is 2.30. The number of para-hydroxylation sites is 1. The molecule has 0 radical (unpaired) electrons. The third-order valence-electron chi connectivity index (χ3n) is 2.62. The van der Waals surface area contributed by atoms with E-state index in [-0.39, 0.29) is 4.47 Å². The molecule has 2 aromatic rings. The molecule has 0 spiro atoms. The van der Waals surface area contributed by atoms with E-state index in [0.717, 1.165) is 6.07 Å². The first-order valence-electron chi connectivity index (χ1n) is 5.54. The second-order valence-corrected chi connectivity index (χ2v) is 6.59. The highest BCUT2D eigenvalue weighted by molar-refractivity contribution is 9.10. The fourth-order valence-corrected chi connectivity index (χ4v) is 3.97. The predicted octanol–water partition coefficient (Wildman–Crippen LogP) is 3.84. The summed E-state index contributed by atoms with van der Waals surface area (Å²) < 4.78 is 53.2. The zero-order valence-electron chi connectivity index (χ0n) is 10.3. The second kappa shape index (κ2) is 5.49. The molecule has 0 atom stereocenters. The molecule has 0 aliphatic carbocycles. The van der Waals surface area contributed by atoms with Crippen LogP contribution in [0.4, 0.5) is 14.5 Å². The Morgan fingerprint density at radius 1 is 1.15 bits per heavy atom. The van der Waals surface area contributed by atoms with Crippen molar-refractivity contribution in [2.24, 2.45) is 0 Å². The number of halogens is 3. The molecule has 0 aromatic heterocycles. The quantitative estimate of drug-likeness (QED) is 0.902. The normalized spacial score (nSPS) is 11.4. The summed E-state index contributed by atoms with van der Waals surface area (Å²) in [5.41, 5.74) is 1.03. The van der Waals surface area contributed by atoms with Crippen molar-refractivity contribution >= 4 is 31.6 Å². The molecule has 0 aliphatic rings. The van der Waals surface area contributed by atoms with Crippen LogP contribution in [0.15, 0.2) is 45.8 Å². The maximum atomic E-state index is 13.7. The standard InChI is InChI=1S/C13H10BrF2NO2S/c1-8-4-2-3-5-12(8)17-20(18,19)13-10(14)6-9(15)7-11(13)16/h2-7,17H,1H3. The van der Waals surface area contributed by atoms with Crippen LogP contribution >= 0.6 is 15.9 Å². The molecular formula is C13H10BrF2NO2S. The molecule has 0 heterocycles. The van der Waals surface area contributed by atoms with Crippen LogP contribution in [0.5, 0.6) is 0 Å². The highest BCUT2D eigenvalue weighted by Gasteiger charge is 2.24. The molecule has 0 fully saturated rings. The Morgan fingerprint density at radius 3 is 2.40 bits per heavy atom. The first-order chi connectivity index (χ1) is 9.31. The van der Waals surface area contributed by atoms with Gasteiger partial charge in [0, 0.05) is 10.5 Å². The van der Waals surface area contributed by atoms with Crippen LogP contribution < -0.4 is 4.72 Å². The van der Waals surface area contributed by atoms with E-state index < -0.39 is 26.6 Å². The van der Waals surface area contributed by atoms with Crippen molar-refractivity contribution in [3.05, 3.63) is 58.1 Å². The van der Waals surface area contributed by atoms with E-state index in [1.165, 1.54) is 0 Å². The average molecular weight is 362 g/mol. The van der Waals surface area contributed by atoms with Crippen LogP contribution in [0, 0.1) is 18.6 Å². The van der Waals surface area contributed by atoms with Gasteiger partial charge in [0.05, 0.1) is 5.69 Å². The fraction of sp³-hybridized carbons (Fsp3) is 0.0769. The maximum Gasteiger partial charge on any atom is 0.265 e. The lowest BCUT2D eigenvalue weighted by molar-refractivity contribution is 0.548. The Morgan fingerprint density at radius 2 is 1.80 bits per heavy atom. The van der Waals surface area contributed by atoms with Gasteiger partial charge in [-0.15, -0.1) is 0 Å². The minimum Gasteiger partial charge on any atom is -0.279 e. The van der Waals surface area contributed by atoms with Gasteiger partial charge in [-0.05, 0) is 40.5 Å². The number of anilines is 1. The summed E-state index contributed by atoms with van der Waals surface area (Å²) in [5.74, 6) is -2.01. The first-order valence-corrected chi connectivity index (χ1v) is 7.82. The number of rotatable bonds is 3. The van der Waals surface area contributed by atoms with Gasteiger partial charge in [-0.25, -0.2) is 17.2 Å². The highest BCUT2D eigenvalue weighted by Crippen LogP contribution is 2.28. The van der Waals surface area contributed by atoms with Gasteiger partial charge in [-0.2, -0.15) is 0 Å². The third-order valence-corrected chi connectivity index (χ3v) is 4.95. The van der Waals surface area contributed by atoms with Gasteiger partial charge in [-0.3, -0.25) is 4.72 Å². The van der Waals surface area contributed by atoms with Gasteiger partial charge < -0.3 is 0 Å². The van der Waals surface area contributed by atoms with Crippen LogP contribution in [0.25, 0.3) is 0 Å². The highest BCUT2D eigenvalue weighted by atomic mass is 79.9. The van der Waals surface area contributed by atoms with Crippen molar-refractivity contribution in [2.75, 3.05) is 4.72 Å². The SMILES string of the molecule is Cc1ccccc1NS(=O)(=O)c1c(F)cc(F)cc1Br. The van der Waals surface area contributed by atoms with Gasteiger partial charge in [0.2, 0.25) is 0 Å². The number of aryl methyl sites for hydroxylation is 1. The maximum absolute atomic E-state index is 13.7. The van der Waals surface area contributed by atoms with Crippen molar-refractivity contribution in [2.45, 2.75) is 11.8 Å². The van der Waals surface area contributed by atoms with Crippen LogP contribution in [-0.4, -0.2) is 8.42 Å². The molecule has 0 aliphatic heterocycles. The molecule has 3 nitrogen and oxygen atoms in total. The van der Waals surface area contributed by atoms with Crippen LogP contribution in [-0.2, 0) is 10.0 Å². The molecule has 2 rings (SSSR count). The largest absolute Gasteiger partial charge is 0.279 e. The molecule has 106 valence electrons. The van der Waals surface area contributed by atoms with Crippen LogP contribution in [0.3, 0.4) is 0 Å². The molecule has 0 amide bonds. The molecular weight excluding hydrogens is 352 g/mol. The van der Waals surface area contributed by atoms with Gasteiger partial charge in [0.25, 0.3) is 10.0 Å². The van der Waals surface area contributed by atoms with Gasteiger partial charge in [-0.1, -0.05) is 18.2 Å². The van der Waals surface area contributed by atoms with E-state index >= 15 is 0 Å². The lowest BCUT2D eigenvalue weighted by Crippen LogP contribution is -2.16. The number of hydrogen-bond donors (Lipinski definition) is 1. The first kappa shape index (κ1) is 14.9. The summed E-state index contributed by atoms with van der Waals surface area (Å²) in [6.07, 6.45) is 0. The Kier molecular flexibility index (Phi) is 4.10. The van der Waals surface area contributed by atoms with Crippen LogP contribution in [0.2, 0.25) is 0 Å². The molecule has 20 heavy (non-hydrogen) atoms. The Labute approximate surface area is 123 Å². The molecule has 0 saturated carbocycles. The smallest absolute Gasteiger partial charge is 0.265 e. The zero-order chi connectivity index (χ0) is 14.9. The molecule has 0 bridgehead atoms. The van der Waals surface area contributed by atoms with Gasteiger partial charge in [0.15, 0.2) is 0 Å². The summed E-state index contributed by atoms with van der Waals surface area (Å²) in [6, 6.07) is 8.10. The fourth-order valence-electron chi connectivity index (χ4n) is 1.67. The van der Waals surface area contributed by atoms with E-state index in [4.69, 9.17) is 0 Å². The lowest BCUT2D eigenvalue weighted by atomic mass is 10.2. The summed E-state index contributed by atoms with van der Waals surface area (Å²) >= 11 is 2.87.